The van der Waals surface area contributed by atoms with Crippen LogP contribution in [0, 0.1) is 0 Å². The maximum Gasteiger partial charge on any atom is 0.337 e. The fourth-order valence-electron chi connectivity index (χ4n) is 2.05. The molecule has 1 heterocycles. The van der Waals surface area contributed by atoms with E-state index in [2.05, 4.69) is 4.90 Å². The first-order chi connectivity index (χ1) is 9.02. The topological polar surface area (TPSA) is 79.2 Å². The number of hydrogen-bond acceptors (Lipinski definition) is 5. The first-order valence-corrected chi connectivity index (χ1v) is 5.96. The van der Waals surface area contributed by atoms with Gasteiger partial charge in [-0.25, -0.2) is 4.79 Å². The number of hydrogen-bond donors (Lipinski definition) is 2. The van der Waals surface area contributed by atoms with Crippen molar-refractivity contribution in [1.29, 1.82) is 0 Å². The second-order valence-electron chi connectivity index (χ2n) is 4.58. The van der Waals surface area contributed by atoms with Gasteiger partial charge in [0.1, 0.15) is 6.10 Å². The van der Waals surface area contributed by atoms with Crippen molar-refractivity contribution in [3.63, 3.8) is 0 Å². The number of para-hydroxylation sites is 1. The molecule has 1 fully saturated rings. The number of benzene rings is 1. The number of likely N-dealkylation sites (N-methyl/N-ethyl adjacent to an activating group) is 1. The van der Waals surface area contributed by atoms with Crippen molar-refractivity contribution >= 4 is 5.97 Å². The monoisotopic (exact) mass is 267 g/mol. The Hall–Kier alpha value is -1.79. The molecule has 19 heavy (non-hydrogen) atoms. The first-order valence-electron chi connectivity index (χ1n) is 5.96. The minimum atomic E-state index is -1.62. The van der Waals surface area contributed by atoms with Gasteiger partial charge in [-0.1, -0.05) is 12.1 Å². The van der Waals surface area contributed by atoms with E-state index in [0.717, 1.165) is 13.1 Å². The highest BCUT2D eigenvalue weighted by molar-refractivity contribution is 5.75. The molecule has 1 atom stereocenters. The molecule has 0 bridgehead atoms. The Balaban J connectivity index is 2.28. The van der Waals surface area contributed by atoms with E-state index < -0.39 is 12.1 Å². The molecule has 6 heteroatoms. The molecule has 1 saturated heterocycles. The number of aliphatic hydroxyl groups excluding tert-OH is 1. The number of methoxy groups -OCH3 is 1. The largest absolute Gasteiger partial charge is 0.493 e. The first kappa shape index (κ1) is 13.6. The molecule has 0 spiro atoms. The summed E-state index contributed by atoms with van der Waals surface area (Å²) in [6.07, 6.45) is -1.64. The van der Waals surface area contributed by atoms with E-state index >= 15 is 0 Å². The van der Waals surface area contributed by atoms with Gasteiger partial charge in [-0.15, -0.1) is 0 Å². The van der Waals surface area contributed by atoms with Crippen LogP contribution in [0.4, 0.5) is 0 Å². The molecule has 104 valence electrons. The predicted molar refractivity (Wildman–Crippen MR) is 67.5 cm³/mol. The quantitative estimate of drug-likeness (QED) is 0.809. The molecule has 1 aliphatic rings. The molecule has 1 unspecified atom stereocenters. The Kier molecular flexibility index (Phi) is 3.92. The van der Waals surface area contributed by atoms with Crippen LogP contribution in [0.25, 0.3) is 0 Å². The number of rotatable bonds is 5. The second-order valence-corrected chi connectivity index (χ2v) is 4.58. The van der Waals surface area contributed by atoms with Gasteiger partial charge in [-0.3, -0.25) is 4.90 Å². The minimum absolute atomic E-state index is 0.0129. The Morgan fingerprint density at radius 2 is 2.16 bits per heavy atom. The normalized spacial score (nSPS) is 17.6. The summed E-state index contributed by atoms with van der Waals surface area (Å²) in [5.41, 5.74) is 0.210. The number of nitrogens with zero attached hydrogens (tertiary/aromatic N) is 1. The molecule has 1 aliphatic heterocycles. The van der Waals surface area contributed by atoms with Crippen molar-refractivity contribution < 1.29 is 24.5 Å². The highest BCUT2D eigenvalue weighted by atomic mass is 16.5. The van der Waals surface area contributed by atoms with Crippen LogP contribution >= 0.6 is 0 Å². The Morgan fingerprint density at radius 1 is 1.47 bits per heavy atom. The number of ether oxygens (including phenoxy) is 2. The summed E-state index contributed by atoms with van der Waals surface area (Å²) >= 11 is 0. The molecule has 0 aromatic heterocycles. The zero-order valence-corrected chi connectivity index (χ0v) is 10.9. The molecule has 1 aromatic carbocycles. The van der Waals surface area contributed by atoms with Gasteiger partial charge in [0.2, 0.25) is 0 Å². The summed E-state index contributed by atoms with van der Waals surface area (Å²) in [6.45, 7) is 1.53. The maximum absolute atomic E-state index is 10.9. The lowest BCUT2D eigenvalue weighted by Crippen LogP contribution is -2.51. The van der Waals surface area contributed by atoms with Crippen LogP contribution in [0.5, 0.6) is 11.5 Å². The van der Waals surface area contributed by atoms with E-state index in [9.17, 15) is 9.90 Å². The Morgan fingerprint density at radius 3 is 2.68 bits per heavy atom. The Bertz CT molecular complexity index is 470. The van der Waals surface area contributed by atoms with E-state index in [1.165, 1.54) is 13.2 Å². The van der Waals surface area contributed by atoms with Gasteiger partial charge in [0.25, 0.3) is 0 Å². The second kappa shape index (κ2) is 5.46. The minimum Gasteiger partial charge on any atom is -0.493 e. The van der Waals surface area contributed by atoms with Crippen LogP contribution < -0.4 is 9.47 Å². The van der Waals surface area contributed by atoms with Crippen LogP contribution in [-0.2, 0) is 4.79 Å². The molecule has 2 N–H and O–H groups in total. The molecule has 0 saturated carbocycles. The SMILES string of the molecule is COc1cccc(C(O)C(=O)O)c1OC1CN(C)C1. The van der Waals surface area contributed by atoms with Crippen molar-refractivity contribution in [2.75, 3.05) is 27.2 Å². The Labute approximate surface area is 111 Å². The molecule has 0 radical (unpaired) electrons. The smallest absolute Gasteiger partial charge is 0.337 e. The van der Waals surface area contributed by atoms with Gasteiger partial charge in [0.05, 0.1) is 7.11 Å². The van der Waals surface area contributed by atoms with Gasteiger partial charge >= 0.3 is 5.97 Å². The fourth-order valence-corrected chi connectivity index (χ4v) is 2.05. The summed E-state index contributed by atoms with van der Waals surface area (Å²) in [7, 11) is 3.45. The van der Waals surface area contributed by atoms with E-state index in [1.54, 1.807) is 12.1 Å². The van der Waals surface area contributed by atoms with Gasteiger partial charge in [-0.05, 0) is 13.1 Å². The van der Waals surface area contributed by atoms with Crippen molar-refractivity contribution in [3.05, 3.63) is 23.8 Å². The molecular formula is C13H17NO5. The molecule has 0 aliphatic carbocycles. The maximum atomic E-state index is 10.9. The van der Waals surface area contributed by atoms with Crippen LogP contribution in [0.3, 0.4) is 0 Å². The summed E-state index contributed by atoms with van der Waals surface area (Å²) < 4.78 is 10.9. The van der Waals surface area contributed by atoms with E-state index in [-0.39, 0.29) is 11.7 Å². The van der Waals surface area contributed by atoms with Gasteiger partial charge in [-0.2, -0.15) is 0 Å². The van der Waals surface area contributed by atoms with E-state index in [1.807, 2.05) is 7.05 Å². The van der Waals surface area contributed by atoms with E-state index in [4.69, 9.17) is 14.6 Å². The van der Waals surface area contributed by atoms with Crippen LogP contribution in [0.2, 0.25) is 0 Å². The zero-order valence-electron chi connectivity index (χ0n) is 10.9. The highest BCUT2D eigenvalue weighted by Crippen LogP contribution is 2.36. The molecule has 1 aromatic rings. The summed E-state index contributed by atoms with van der Waals surface area (Å²) in [5.74, 6) is -0.589. The standard InChI is InChI=1S/C13H17NO5/c1-14-6-8(7-14)19-12-9(11(15)13(16)17)4-3-5-10(12)18-2/h3-5,8,11,15H,6-7H2,1-2H3,(H,16,17). The van der Waals surface area contributed by atoms with Crippen molar-refractivity contribution in [2.45, 2.75) is 12.2 Å². The number of likely N-dealkylation sites (tertiary alicyclic amines) is 1. The van der Waals surface area contributed by atoms with E-state index in [0.29, 0.717) is 11.5 Å². The van der Waals surface area contributed by atoms with Gasteiger partial charge in [0.15, 0.2) is 17.6 Å². The van der Waals surface area contributed by atoms with Crippen LogP contribution in [-0.4, -0.2) is 54.4 Å². The van der Waals surface area contributed by atoms with Crippen molar-refractivity contribution in [1.82, 2.24) is 4.90 Å². The molecule has 6 nitrogen and oxygen atoms in total. The van der Waals surface area contributed by atoms with Crippen LogP contribution in [0.15, 0.2) is 18.2 Å². The summed E-state index contributed by atoms with van der Waals surface area (Å²) in [5, 5.41) is 18.6. The van der Waals surface area contributed by atoms with Crippen molar-refractivity contribution in [3.8, 4) is 11.5 Å². The average Bonchev–Trinajstić information content (AvgIpc) is 2.36. The highest BCUT2D eigenvalue weighted by Gasteiger charge is 2.29. The number of carboxylic acids is 1. The van der Waals surface area contributed by atoms with Gasteiger partial charge in [0, 0.05) is 18.7 Å². The fraction of sp³-hybridized carbons (Fsp3) is 0.462. The lowest BCUT2D eigenvalue weighted by Gasteiger charge is -2.36. The third kappa shape index (κ3) is 2.80. The number of carbonyl (C=O) groups is 1. The average molecular weight is 267 g/mol. The number of aliphatic carboxylic acids is 1. The third-order valence-corrected chi connectivity index (χ3v) is 3.07. The number of aliphatic hydroxyl groups is 1. The summed E-state index contributed by atoms with van der Waals surface area (Å²) in [6, 6.07) is 4.83. The molecular weight excluding hydrogens is 250 g/mol. The molecule has 2 rings (SSSR count). The van der Waals surface area contributed by atoms with Crippen molar-refractivity contribution in [2.24, 2.45) is 0 Å². The third-order valence-electron chi connectivity index (χ3n) is 3.07. The predicted octanol–water partition coefficient (Wildman–Crippen LogP) is 0.506. The lowest BCUT2D eigenvalue weighted by atomic mass is 10.1. The number of carboxylic acid groups (broad SMARTS) is 1. The van der Waals surface area contributed by atoms with Crippen LogP contribution in [0.1, 0.15) is 11.7 Å². The zero-order chi connectivity index (χ0) is 14.0. The summed E-state index contributed by atoms with van der Waals surface area (Å²) in [4.78, 5) is 13.0. The van der Waals surface area contributed by atoms with Gasteiger partial charge < -0.3 is 19.7 Å². The lowest BCUT2D eigenvalue weighted by molar-refractivity contribution is -0.147. The molecule has 0 amide bonds.